The molecular weight excluding hydrogens is 384 g/mol. The topological polar surface area (TPSA) is 67.4 Å². The Kier molecular flexibility index (Phi) is 7.16. The van der Waals surface area contributed by atoms with Gasteiger partial charge in [0.25, 0.3) is 0 Å². The number of ether oxygens (including phenoxy) is 1. The quantitative estimate of drug-likeness (QED) is 0.530. The second kappa shape index (κ2) is 10.0. The third kappa shape index (κ3) is 5.53. The number of thiophene rings is 1. The Balaban J connectivity index is 1.74. The van der Waals surface area contributed by atoms with Crippen LogP contribution in [0, 0.1) is 0 Å². The van der Waals surface area contributed by atoms with Gasteiger partial charge in [-0.1, -0.05) is 60.7 Å². The van der Waals surface area contributed by atoms with Gasteiger partial charge in [-0.05, 0) is 31.0 Å². The van der Waals surface area contributed by atoms with Gasteiger partial charge < -0.3 is 15.4 Å². The molecule has 0 saturated heterocycles. The van der Waals surface area contributed by atoms with E-state index in [-0.39, 0.29) is 12.5 Å². The van der Waals surface area contributed by atoms with Crippen molar-refractivity contribution in [2.75, 3.05) is 11.9 Å². The second-order valence-corrected chi connectivity index (χ2v) is 7.57. The zero-order chi connectivity index (χ0) is 20.6. The standard InChI is InChI=1S/C23H24N2O3S/c1-3-28-23(27)19-14-20(18-12-8-5-9-13-18)29-22(19)25-21(26)16(2)24-15-17-10-6-4-7-11-17/h4-14,16,24H,3,15H2,1-2H3,(H,25,26)/t16-/m1/s1. The normalized spacial score (nSPS) is 11.7. The predicted octanol–water partition coefficient (Wildman–Crippen LogP) is 4.71. The van der Waals surface area contributed by atoms with Crippen molar-refractivity contribution < 1.29 is 14.3 Å². The molecule has 0 radical (unpaired) electrons. The molecule has 0 aliphatic carbocycles. The number of amides is 1. The fraction of sp³-hybridized carbons (Fsp3) is 0.217. The smallest absolute Gasteiger partial charge is 0.341 e. The van der Waals surface area contributed by atoms with E-state index >= 15 is 0 Å². The molecule has 0 saturated carbocycles. The van der Waals surface area contributed by atoms with Crippen molar-refractivity contribution >= 4 is 28.2 Å². The molecule has 0 unspecified atom stereocenters. The van der Waals surface area contributed by atoms with Crippen molar-refractivity contribution in [1.29, 1.82) is 0 Å². The molecule has 1 aromatic heterocycles. The fourth-order valence-electron chi connectivity index (χ4n) is 2.77. The Morgan fingerprint density at radius 1 is 1.03 bits per heavy atom. The molecule has 150 valence electrons. The highest BCUT2D eigenvalue weighted by atomic mass is 32.1. The van der Waals surface area contributed by atoms with Gasteiger partial charge in [-0.15, -0.1) is 11.3 Å². The minimum atomic E-state index is -0.439. The van der Waals surface area contributed by atoms with Crippen LogP contribution in [0.25, 0.3) is 10.4 Å². The van der Waals surface area contributed by atoms with Gasteiger partial charge in [0.1, 0.15) is 5.00 Å². The van der Waals surface area contributed by atoms with E-state index in [1.807, 2.05) is 60.7 Å². The monoisotopic (exact) mass is 408 g/mol. The number of carbonyl (C=O) groups excluding carboxylic acids is 2. The summed E-state index contributed by atoms with van der Waals surface area (Å²) in [6.07, 6.45) is 0. The molecular formula is C23H24N2O3S. The van der Waals surface area contributed by atoms with E-state index in [1.54, 1.807) is 19.9 Å². The molecule has 2 N–H and O–H groups in total. The van der Waals surface area contributed by atoms with Crippen LogP contribution < -0.4 is 10.6 Å². The summed E-state index contributed by atoms with van der Waals surface area (Å²) < 4.78 is 5.17. The van der Waals surface area contributed by atoms with Crippen LogP contribution in [0.1, 0.15) is 29.8 Å². The highest BCUT2D eigenvalue weighted by Crippen LogP contribution is 2.36. The van der Waals surface area contributed by atoms with E-state index in [9.17, 15) is 9.59 Å². The Bertz CT molecular complexity index is 955. The number of anilines is 1. The molecule has 5 nitrogen and oxygen atoms in total. The Labute approximate surface area is 174 Å². The van der Waals surface area contributed by atoms with Gasteiger partial charge in [0.15, 0.2) is 0 Å². The molecule has 3 aromatic rings. The number of benzene rings is 2. The van der Waals surface area contributed by atoms with Crippen LogP contribution in [0.4, 0.5) is 5.00 Å². The molecule has 0 fully saturated rings. The number of esters is 1. The average molecular weight is 409 g/mol. The van der Waals surface area contributed by atoms with E-state index in [1.165, 1.54) is 11.3 Å². The molecule has 29 heavy (non-hydrogen) atoms. The molecule has 0 spiro atoms. The lowest BCUT2D eigenvalue weighted by Crippen LogP contribution is -2.37. The Morgan fingerprint density at radius 2 is 1.69 bits per heavy atom. The van der Waals surface area contributed by atoms with Crippen LogP contribution in [-0.2, 0) is 16.1 Å². The summed E-state index contributed by atoms with van der Waals surface area (Å²) in [4.78, 5) is 26.0. The summed E-state index contributed by atoms with van der Waals surface area (Å²) in [5, 5.41) is 6.60. The van der Waals surface area contributed by atoms with Crippen molar-refractivity contribution in [1.82, 2.24) is 5.32 Å². The van der Waals surface area contributed by atoms with E-state index < -0.39 is 12.0 Å². The molecule has 0 aliphatic rings. The Hall–Kier alpha value is -2.96. The maximum Gasteiger partial charge on any atom is 0.341 e. The number of nitrogens with one attached hydrogen (secondary N) is 2. The van der Waals surface area contributed by atoms with Crippen molar-refractivity contribution in [2.24, 2.45) is 0 Å². The Morgan fingerprint density at radius 3 is 2.34 bits per heavy atom. The maximum atomic E-state index is 12.7. The van der Waals surface area contributed by atoms with E-state index in [0.717, 1.165) is 16.0 Å². The lowest BCUT2D eigenvalue weighted by atomic mass is 10.1. The first kappa shape index (κ1) is 20.8. The first-order valence-corrected chi connectivity index (χ1v) is 10.3. The SMILES string of the molecule is CCOC(=O)c1cc(-c2ccccc2)sc1NC(=O)[C@@H](C)NCc1ccccc1. The van der Waals surface area contributed by atoms with Crippen molar-refractivity contribution in [3.63, 3.8) is 0 Å². The van der Waals surface area contributed by atoms with Crippen LogP contribution in [0.2, 0.25) is 0 Å². The first-order valence-electron chi connectivity index (χ1n) is 9.53. The fourth-order valence-corrected chi connectivity index (χ4v) is 3.82. The number of carbonyl (C=O) groups is 2. The highest BCUT2D eigenvalue weighted by molar-refractivity contribution is 7.20. The molecule has 1 amide bonds. The molecule has 1 heterocycles. The number of hydrogen-bond acceptors (Lipinski definition) is 5. The third-order valence-electron chi connectivity index (χ3n) is 4.37. The largest absolute Gasteiger partial charge is 0.462 e. The molecule has 0 aliphatic heterocycles. The van der Waals surface area contributed by atoms with Gasteiger partial charge in [-0.25, -0.2) is 4.79 Å². The number of hydrogen-bond donors (Lipinski definition) is 2. The number of rotatable bonds is 8. The van der Waals surface area contributed by atoms with E-state index in [2.05, 4.69) is 10.6 Å². The van der Waals surface area contributed by atoms with Crippen LogP contribution in [0.5, 0.6) is 0 Å². The third-order valence-corrected chi connectivity index (χ3v) is 5.47. The van der Waals surface area contributed by atoms with Gasteiger partial charge >= 0.3 is 5.97 Å². The van der Waals surface area contributed by atoms with Crippen LogP contribution in [-0.4, -0.2) is 24.5 Å². The lowest BCUT2D eigenvalue weighted by molar-refractivity contribution is -0.117. The van der Waals surface area contributed by atoms with Gasteiger partial charge in [0.05, 0.1) is 18.2 Å². The van der Waals surface area contributed by atoms with Gasteiger partial charge in [-0.2, -0.15) is 0 Å². The van der Waals surface area contributed by atoms with Gasteiger partial charge in [0.2, 0.25) is 5.91 Å². The molecule has 0 bridgehead atoms. The minimum Gasteiger partial charge on any atom is -0.462 e. The summed E-state index contributed by atoms with van der Waals surface area (Å²) >= 11 is 1.37. The lowest BCUT2D eigenvalue weighted by Gasteiger charge is -2.14. The average Bonchev–Trinajstić information content (AvgIpc) is 3.17. The molecule has 6 heteroatoms. The molecule has 3 rings (SSSR count). The van der Waals surface area contributed by atoms with Gasteiger partial charge in [0, 0.05) is 11.4 Å². The summed E-state index contributed by atoms with van der Waals surface area (Å²) in [6.45, 7) is 4.42. The second-order valence-electron chi connectivity index (χ2n) is 6.52. The van der Waals surface area contributed by atoms with E-state index in [0.29, 0.717) is 17.1 Å². The zero-order valence-corrected chi connectivity index (χ0v) is 17.3. The van der Waals surface area contributed by atoms with E-state index in [4.69, 9.17) is 4.74 Å². The highest BCUT2D eigenvalue weighted by Gasteiger charge is 2.21. The molecule has 1 atom stereocenters. The van der Waals surface area contributed by atoms with Crippen LogP contribution >= 0.6 is 11.3 Å². The summed E-state index contributed by atoms with van der Waals surface area (Å²) in [5.74, 6) is -0.640. The predicted molar refractivity (Wildman–Crippen MR) is 117 cm³/mol. The van der Waals surface area contributed by atoms with Crippen molar-refractivity contribution in [3.05, 3.63) is 77.9 Å². The summed E-state index contributed by atoms with van der Waals surface area (Å²) in [7, 11) is 0. The summed E-state index contributed by atoms with van der Waals surface area (Å²) in [6, 6.07) is 21.0. The van der Waals surface area contributed by atoms with Crippen LogP contribution in [0.3, 0.4) is 0 Å². The first-order chi connectivity index (χ1) is 14.1. The van der Waals surface area contributed by atoms with Crippen molar-refractivity contribution in [2.45, 2.75) is 26.4 Å². The zero-order valence-electron chi connectivity index (χ0n) is 16.5. The minimum absolute atomic E-state index is 0.201. The van der Waals surface area contributed by atoms with Crippen molar-refractivity contribution in [3.8, 4) is 10.4 Å². The van der Waals surface area contributed by atoms with Crippen LogP contribution in [0.15, 0.2) is 66.7 Å². The molecule has 2 aromatic carbocycles. The maximum absolute atomic E-state index is 12.7. The van der Waals surface area contributed by atoms with Gasteiger partial charge in [-0.3, -0.25) is 4.79 Å². The summed E-state index contributed by atoms with van der Waals surface area (Å²) in [5.41, 5.74) is 2.46.